The van der Waals surface area contributed by atoms with Crippen LogP contribution in [-0.2, 0) is 4.74 Å². The lowest BCUT2D eigenvalue weighted by Gasteiger charge is -2.34. The first-order valence-electron chi connectivity index (χ1n) is 9.61. The van der Waals surface area contributed by atoms with Gasteiger partial charge in [-0.3, -0.25) is 9.69 Å². The molecule has 1 atom stereocenters. The molecule has 0 bridgehead atoms. The van der Waals surface area contributed by atoms with Crippen LogP contribution < -0.4 is 10.6 Å². The van der Waals surface area contributed by atoms with Gasteiger partial charge in [0.05, 0.1) is 24.0 Å². The molecule has 1 amide bonds. The number of halogens is 1. The number of aromatic nitrogens is 1. The molecule has 0 radical (unpaired) electrons. The number of pyridine rings is 1. The van der Waals surface area contributed by atoms with Gasteiger partial charge in [-0.25, -0.2) is 9.37 Å². The summed E-state index contributed by atoms with van der Waals surface area (Å²) in [6.45, 7) is 8.21. The van der Waals surface area contributed by atoms with Crippen molar-refractivity contribution in [2.24, 2.45) is 5.92 Å². The summed E-state index contributed by atoms with van der Waals surface area (Å²) in [5.74, 6) is 0.240. The van der Waals surface area contributed by atoms with E-state index >= 15 is 0 Å². The molecule has 7 heteroatoms. The Balaban J connectivity index is 1.61. The van der Waals surface area contributed by atoms with E-state index in [9.17, 15) is 9.18 Å². The fraction of sp³-hybridized carbons (Fsp3) is 0.429. The summed E-state index contributed by atoms with van der Waals surface area (Å²) in [4.78, 5) is 19.2. The SMILES string of the molecule is CC(C)CN1CCOC(CNC(=O)c2cccnc2Nc2ccccc2F)C1. The summed E-state index contributed by atoms with van der Waals surface area (Å²) in [6.07, 6.45) is 1.52. The summed E-state index contributed by atoms with van der Waals surface area (Å²) in [5, 5.41) is 5.82. The van der Waals surface area contributed by atoms with E-state index in [2.05, 4.69) is 34.4 Å². The minimum absolute atomic E-state index is 0.0453. The Hall–Kier alpha value is -2.51. The maximum atomic E-state index is 13.9. The minimum Gasteiger partial charge on any atom is -0.374 e. The molecule has 150 valence electrons. The second kappa shape index (κ2) is 9.61. The number of amides is 1. The minimum atomic E-state index is -0.402. The van der Waals surface area contributed by atoms with E-state index in [-0.39, 0.29) is 17.7 Å². The molecule has 0 aliphatic carbocycles. The molecule has 1 aliphatic rings. The zero-order valence-corrected chi connectivity index (χ0v) is 16.3. The second-order valence-corrected chi connectivity index (χ2v) is 7.36. The van der Waals surface area contributed by atoms with Gasteiger partial charge in [0.2, 0.25) is 0 Å². The van der Waals surface area contributed by atoms with Crippen LogP contribution in [0.1, 0.15) is 24.2 Å². The predicted molar refractivity (Wildman–Crippen MR) is 107 cm³/mol. The van der Waals surface area contributed by atoms with Gasteiger partial charge in [0, 0.05) is 32.4 Å². The van der Waals surface area contributed by atoms with Gasteiger partial charge in [-0.15, -0.1) is 0 Å². The summed E-state index contributed by atoms with van der Waals surface area (Å²) in [7, 11) is 0. The molecule has 28 heavy (non-hydrogen) atoms. The summed E-state index contributed by atoms with van der Waals surface area (Å²) in [5.41, 5.74) is 0.635. The third kappa shape index (κ3) is 5.50. The van der Waals surface area contributed by atoms with Crippen molar-refractivity contribution in [3.63, 3.8) is 0 Å². The lowest BCUT2D eigenvalue weighted by Crippen LogP contribution is -2.48. The van der Waals surface area contributed by atoms with Crippen LogP contribution in [0.15, 0.2) is 42.6 Å². The first kappa shape index (κ1) is 20.2. The number of hydrogen-bond donors (Lipinski definition) is 2. The maximum absolute atomic E-state index is 13.9. The van der Waals surface area contributed by atoms with Gasteiger partial charge in [0.1, 0.15) is 11.6 Å². The average molecular weight is 386 g/mol. The molecule has 1 aromatic carbocycles. The van der Waals surface area contributed by atoms with Crippen LogP contribution in [0, 0.1) is 11.7 Å². The first-order chi connectivity index (χ1) is 13.5. The van der Waals surface area contributed by atoms with Gasteiger partial charge >= 0.3 is 0 Å². The maximum Gasteiger partial charge on any atom is 0.255 e. The fourth-order valence-electron chi connectivity index (χ4n) is 3.27. The molecule has 1 aromatic heterocycles. The highest BCUT2D eigenvalue weighted by Gasteiger charge is 2.22. The normalized spacial score (nSPS) is 17.5. The number of carbonyl (C=O) groups is 1. The van der Waals surface area contributed by atoms with E-state index < -0.39 is 5.82 Å². The van der Waals surface area contributed by atoms with Crippen molar-refractivity contribution in [2.75, 3.05) is 38.1 Å². The van der Waals surface area contributed by atoms with Gasteiger partial charge in [-0.1, -0.05) is 26.0 Å². The number of nitrogens with zero attached hydrogens (tertiary/aromatic N) is 2. The van der Waals surface area contributed by atoms with Crippen molar-refractivity contribution in [1.82, 2.24) is 15.2 Å². The van der Waals surface area contributed by atoms with Crippen LogP contribution in [-0.4, -0.2) is 54.7 Å². The summed E-state index contributed by atoms with van der Waals surface area (Å²) in [6, 6.07) is 9.64. The molecule has 2 heterocycles. The molecule has 1 aliphatic heterocycles. The molecule has 1 fully saturated rings. The number of carbonyl (C=O) groups excluding carboxylic acids is 1. The Bertz CT molecular complexity index is 799. The van der Waals surface area contributed by atoms with Crippen molar-refractivity contribution >= 4 is 17.4 Å². The number of anilines is 2. The lowest BCUT2D eigenvalue weighted by atomic mass is 10.1. The molecule has 0 spiro atoms. The van der Waals surface area contributed by atoms with E-state index in [0.29, 0.717) is 30.5 Å². The number of morpholine rings is 1. The molecular formula is C21H27FN4O2. The molecule has 2 aromatic rings. The Morgan fingerprint density at radius 2 is 2.14 bits per heavy atom. The highest BCUT2D eigenvalue weighted by molar-refractivity contribution is 5.99. The van der Waals surface area contributed by atoms with Gasteiger partial charge in [-0.2, -0.15) is 0 Å². The molecule has 2 N–H and O–H groups in total. The van der Waals surface area contributed by atoms with Gasteiger partial charge in [0.25, 0.3) is 5.91 Å². The first-order valence-corrected chi connectivity index (χ1v) is 9.61. The zero-order valence-electron chi connectivity index (χ0n) is 16.3. The fourth-order valence-corrected chi connectivity index (χ4v) is 3.27. The number of ether oxygens (including phenoxy) is 1. The van der Waals surface area contributed by atoms with E-state index in [1.165, 1.54) is 6.07 Å². The molecular weight excluding hydrogens is 359 g/mol. The number of hydrogen-bond acceptors (Lipinski definition) is 5. The van der Waals surface area contributed by atoms with Crippen LogP contribution in [0.5, 0.6) is 0 Å². The van der Waals surface area contributed by atoms with Crippen LogP contribution >= 0.6 is 0 Å². The molecule has 0 saturated carbocycles. The molecule has 3 rings (SSSR count). The van der Waals surface area contributed by atoms with Gasteiger partial charge in [-0.05, 0) is 30.2 Å². The molecule has 6 nitrogen and oxygen atoms in total. The molecule has 1 saturated heterocycles. The topological polar surface area (TPSA) is 66.5 Å². The quantitative estimate of drug-likeness (QED) is 0.766. The van der Waals surface area contributed by atoms with Crippen LogP contribution in [0.2, 0.25) is 0 Å². The summed E-state index contributed by atoms with van der Waals surface area (Å²) >= 11 is 0. The molecule has 1 unspecified atom stereocenters. The van der Waals surface area contributed by atoms with Gasteiger partial charge < -0.3 is 15.4 Å². The van der Waals surface area contributed by atoms with E-state index in [4.69, 9.17) is 4.74 Å². The van der Waals surface area contributed by atoms with Crippen LogP contribution in [0.3, 0.4) is 0 Å². The number of para-hydroxylation sites is 1. The largest absolute Gasteiger partial charge is 0.374 e. The average Bonchev–Trinajstić information content (AvgIpc) is 2.68. The van der Waals surface area contributed by atoms with Crippen molar-refractivity contribution in [1.29, 1.82) is 0 Å². The number of nitrogens with one attached hydrogen (secondary N) is 2. The Kier molecular flexibility index (Phi) is 6.95. The highest BCUT2D eigenvalue weighted by Crippen LogP contribution is 2.21. The van der Waals surface area contributed by atoms with Crippen LogP contribution in [0.4, 0.5) is 15.9 Å². The van der Waals surface area contributed by atoms with Crippen molar-refractivity contribution < 1.29 is 13.9 Å². The van der Waals surface area contributed by atoms with E-state index in [1.54, 1.807) is 36.5 Å². The number of benzene rings is 1. The Labute approximate surface area is 165 Å². The van der Waals surface area contributed by atoms with E-state index in [1.807, 2.05) is 0 Å². The Morgan fingerprint density at radius 3 is 2.93 bits per heavy atom. The third-order valence-electron chi connectivity index (χ3n) is 4.52. The zero-order chi connectivity index (χ0) is 19.9. The second-order valence-electron chi connectivity index (χ2n) is 7.36. The van der Waals surface area contributed by atoms with Crippen molar-refractivity contribution in [3.8, 4) is 0 Å². The van der Waals surface area contributed by atoms with Crippen LogP contribution in [0.25, 0.3) is 0 Å². The van der Waals surface area contributed by atoms with Gasteiger partial charge in [0.15, 0.2) is 0 Å². The Morgan fingerprint density at radius 1 is 1.32 bits per heavy atom. The lowest BCUT2D eigenvalue weighted by molar-refractivity contribution is -0.0295. The van der Waals surface area contributed by atoms with E-state index in [0.717, 1.165) is 19.6 Å². The number of rotatable bonds is 7. The summed E-state index contributed by atoms with van der Waals surface area (Å²) < 4.78 is 19.7. The monoisotopic (exact) mass is 386 g/mol. The van der Waals surface area contributed by atoms with Crippen molar-refractivity contribution in [2.45, 2.75) is 20.0 Å². The third-order valence-corrected chi connectivity index (χ3v) is 4.52. The smallest absolute Gasteiger partial charge is 0.255 e. The predicted octanol–water partition coefficient (Wildman–Crippen LogP) is 3.05. The standard InChI is InChI=1S/C21H27FN4O2/c1-15(2)13-26-10-11-28-16(14-26)12-24-21(27)17-6-5-9-23-20(17)25-19-8-4-3-7-18(19)22/h3-9,15-16H,10-14H2,1-2H3,(H,23,25)(H,24,27). The van der Waals surface area contributed by atoms with Crippen molar-refractivity contribution in [3.05, 3.63) is 54.0 Å². The highest BCUT2D eigenvalue weighted by atomic mass is 19.1.